The minimum Gasteiger partial charge on any atom is -0.485 e. The summed E-state index contributed by atoms with van der Waals surface area (Å²) < 4.78 is 36.5. The third kappa shape index (κ3) is 4.92. The van der Waals surface area contributed by atoms with Crippen LogP contribution in [-0.2, 0) is 13.2 Å². The number of nitrogens with zero attached hydrogens (tertiary/aromatic N) is 2. The lowest BCUT2D eigenvalue weighted by atomic mass is 10.2. The van der Waals surface area contributed by atoms with Crippen LogP contribution in [0.2, 0.25) is 0 Å². The first-order valence-corrected chi connectivity index (χ1v) is 8.54. The fourth-order valence-corrected chi connectivity index (χ4v) is 2.54. The maximum Gasteiger partial charge on any atom is 0.276 e. The molecule has 6 nitrogen and oxygen atoms in total. The van der Waals surface area contributed by atoms with Crippen molar-refractivity contribution in [2.45, 2.75) is 13.2 Å². The highest BCUT2D eigenvalue weighted by Gasteiger charge is 2.20. The van der Waals surface area contributed by atoms with E-state index in [4.69, 9.17) is 9.26 Å². The van der Waals surface area contributed by atoms with Crippen molar-refractivity contribution in [1.29, 1.82) is 0 Å². The van der Waals surface area contributed by atoms with E-state index in [0.29, 0.717) is 6.54 Å². The van der Waals surface area contributed by atoms with Gasteiger partial charge >= 0.3 is 0 Å². The maximum absolute atomic E-state index is 13.2. The van der Waals surface area contributed by atoms with E-state index in [1.165, 1.54) is 17.0 Å². The van der Waals surface area contributed by atoms with Crippen LogP contribution in [0.1, 0.15) is 21.8 Å². The molecule has 28 heavy (non-hydrogen) atoms. The monoisotopic (exact) mass is 388 g/mol. The third-order valence-electron chi connectivity index (χ3n) is 3.92. The van der Waals surface area contributed by atoms with Crippen molar-refractivity contribution in [3.8, 4) is 5.75 Å². The molecule has 0 bridgehead atoms. The average Bonchev–Trinajstić information content (AvgIpc) is 3.18. The topological polar surface area (TPSA) is 75.8 Å². The van der Waals surface area contributed by atoms with Gasteiger partial charge in [-0.05, 0) is 17.7 Å². The summed E-state index contributed by atoms with van der Waals surface area (Å²) in [5.74, 6) is -2.03. The number of rotatable bonds is 8. The lowest BCUT2D eigenvalue weighted by Gasteiger charge is -2.20. The van der Waals surface area contributed by atoms with Crippen LogP contribution in [0.3, 0.4) is 0 Å². The molecule has 3 rings (SSSR count). The highest BCUT2D eigenvalue weighted by atomic mass is 19.2. The second-order valence-corrected chi connectivity index (χ2v) is 5.98. The van der Waals surface area contributed by atoms with Gasteiger partial charge in [0.2, 0.25) is 0 Å². The van der Waals surface area contributed by atoms with Gasteiger partial charge in [-0.1, -0.05) is 35.5 Å². The lowest BCUT2D eigenvalue weighted by Crippen LogP contribution is -2.33. The molecule has 1 amide bonds. The van der Waals surface area contributed by atoms with Crippen LogP contribution in [0, 0.1) is 11.6 Å². The highest BCUT2D eigenvalue weighted by molar-refractivity contribution is 5.92. The first-order valence-electron chi connectivity index (χ1n) is 8.54. The fraction of sp³-hybridized carbons (Fsp3) is 0.200. The summed E-state index contributed by atoms with van der Waals surface area (Å²) in [6.45, 7) is 0.154. The molecule has 1 N–H and O–H groups in total. The zero-order chi connectivity index (χ0) is 19.9. The van der Waals surface area contributed by atoms with Crippen molar-refractivity contribution in [3.63, 3.8) is 0 Å². The molecule has 0 saturated carbocycles. The van der Waals surface area contributed by atoms with E-state index in [1.54, 1.807) is 0 Å². The molecule has 0 radical (unpaired) electrons. The summed E-state index contributed by atoms with van der Waals surface area (Å²) >= 11 is 0. The molecule has 0 atom stereocenters. The van der Waals surface area contributed by atoms with E-state index in [9.17, 15) is 18.7 Å². The van der Waals surface area contributed by atoms with Gasteiger partial charge < -0.3 is 19.3 Å². The number of hydrogen-bond acceptors (Lipinski definition) is 5. The molecule has 0 aliphatic carbocycles. The molecule has 0 fully saturated rings. The quantitative estimate of drug-likeness (QED) is 0.642. The molecule has 1 heterocycles. The number of halogens is 2. The molecule has 0 spiro atoms. The number of aromatic nitrogens is 1. The second kappa shape index (κ2) is 9.09. The second-order valence-electron chi connectivity index (χ2n) is 5.98. The van der Waals surface area contributed by atoms with Gasteiger partial charge in [-0.2, -0.15) is 0 Å². The number of aliphatic hydroxyl groups is 1. The van der Waals surface area contributed by atoms with Crippen LogP contribution in [0.5, 0.6) is 5.75 Å². The number of benzene rings is 2. The average molecular weight is 388 g/mol. The maximum atomic E-state index is 13.2. The molecule has 146 valence electrons. The Morgan fingerprint density at radius 3 is 2.61 bits per heavy atom. The normalized spacial score (nSPS) is 10.7. The molecule has 1 aromatic heterocycles. The van der Waals surface area contributed by atoms with E-state index in [1.807, 2.05) is 30.3 Å². The number of hydrogen-bond donors (Lipinski definition) is 1. The summed E-state index contributed by atoms with van der Waals surface area (Å²) in [6.07, 6.45) is 0. The minimum absolute atomic E-state index is 0.0632. The smallest absolute Gasteiger partial charge is 0.276 e. The number of carbonyl (C=O) groups is 1. The zero-order valence-electron chi connectivity index (χ0n) is 14.8. The van der Waals surface area contributed by atoms with Crippen molar-refractivity contribution in [3.05, 3.63) is 83.2 Å². The lowest BCUT2D eigenvalue weighted by molar-refractivity contribution is 0.0697. The Balaban J connectivity index is 1.65. The number of carbonyl (C=O) groups excluding carboxylic acids is 1. The molecule has 2 aromatic carbocycles. The van der Waals surface area contributed by atoms with Crippen LogP contribution in [0.25, 0.3) is 0 Å². The predicted octanol–water partition coefficient (Wildman–Crippen LogP) is 3.17. The van der Waals surface area contributed by atoms with Gasteiger partial charge in [0, 0.05) is 25.2 Å². The largest absolute Gasteiger partial charge is 0.485 e. The number of amides is 1. The molecule has 0 aliphatic rings. The molecule has 8 heteroatoms. The number of ether oxygens (including phenoxy) is 1. The molecular weight excluding hydrogens is 370 g/mol. The number of aliphatic hydroxyl groups excluding tert-OH is 1. The van der Waals surface area contributed by atoms with Gasteiger partial charge in [-0.15, -0.1) is 0 Å². The third-order valence-corrected chi connectivity index (χ3v) is 3.92. The Labute approximate surface area is 159 Å². The van der Waals surface area contributed by atoms with Crippen molar-refractivity contribution < 1.29 is 27.9 Å². The van der Waals surface area contributed by atoms with Crippen LogP contribution < -0.4 is 4.74 Å². The summed E-state index contributed by atoms with van der Waals surface area (Å²) in [7, 11) is 0. The predicted molar refractivity (Wildman–Crippen MR) is 95.5 cm³/mol. The van der Waals surface area contributed by atoms with Gasteiger partial charge in [-0.25, -0.2) is 8.78 Å². The fourth-order valence-electron chi connectivity index (χ4n) is 2.54. The van der Waals surface area contributed by atoms with Crippen LogP contribution in [-0.4, -0.2) is 34.2 Å². The summed E-state index contributed by atoms with van der Waals surface area (Å²) in [5.41, 5.74) is 0.975. The Morgan fingerprint density at radius 2 is 1.89 bits per heavy atom. The van der Waals surface area contributed by atoms with Crippen LogP contribution in [0.4, 0.5) is 8.78 Å². The standard InChI is InChI=1S/C20H18F2N2O4/c21-17-7-6-15(10-18(17)22)27-13-16-11-19(23-28-16)20(26)24(8-9-25)12-14-4-2-1-3-5-14/h1-7,10-11,25H,8-9,12-13H2. The van der Waals surface area contributed by atoms with Gasteiger partial charge in [0.25, 0.3) is 5.91 Å². The van der Waals surface area contributed by atoms with E-state index in [-0.39, 0.29) is 37.0 Å². The summed E-state index contributed by atoms with van der Waals surface area (Å²) in [6, 6.07) is 13.9. The Morgan fingerprint density at radius 1 is 1.11 bits per heavy atom. The Bertz CT molecular complexity index is 931. The molecule has 0 saturated heterocycles. The van der Waals surface area contributed by atoms with Crippen molar-refractivity contribution in [1.82, 2.24) is 10.1 Å². The van der Waals surface area contributed by atoms with E-state index >= 15 is 0 Å². The zero-order valence-corrected chi connectivity index (χ0v) is 14.8. The van der Waals surface area contributed by atoms with Crippen molar-refractivity contribution in [2.75, 3.05) is 13.2 Å². The first kappa shape index (κ1) is 19.5. The van der Waals surface area contributed by atoms with Crippen LogP contribution in [0.15, 0.2) is 59.1 Å². The van der Waals surface area contributed by atoms with Gasteiger partial charge in [0.15, 0.2) is 23.1 Å². The molecule has 3 aromatic rings. The van der Waals surface area contributed by atoms with E-state index in [0.717, 1.165) is 17.7 Å². The highest BCUT2D eigenvalue weighted by Crippen LogP contribution is 2.18. The summed E-state index contributed by atoms with van der Waals surface area (Å²) in [4.78, 5) is 14.1. The van der Waals surface area contributed by atoms with Crippen molar-refractivity contribution >= 4 is 5.91 Å². The van der Waals surface area contributed by atoms with Gasteiger partial charge in [-0.3, -0.25) is 4.79 Å². The minimum atomic E-state index is -1.02. The van der Waals surface area contributed by atoms with E-state index < -0.39 is 17.5 Å². The molecule has 0 aliphatic heterocycles. The first-order chi connectivity index (χ1) is 13.6. The SMILES string of the molecule is O=C(c1cc(COc2ccc(F)c(F)c2)on1)N(CCO)Cc1ccccc1. The molecular formula is C20H18F2N2O4. The van der Waals surface area contributed by atoms with Crippen molar-refractivity contribution in [2.24, 2.45) is 0 Å². The van der Waals surface area contributed by atoms with Crippen LogP contribution >= 0.6 is 0 Å². The van der Waals surface area contributed by atoms with Gasteiger partial charge in [0.1, 0.15) is 12.4 Å². The Kier molecular flexibility index (Phi) is 6.33. The van der Waals surface area contributed by atoms with E-state index in [2.05, 4.69) is 5.16 Å². The van der Waals surface area contributed by atoms with Gasteiger partial charge in [0.05, 0.1) is 6.61 Å². The molecule has 0 unspecified atom stereocenters. The summed E-state index contributed by atoms with van der Waals surface area (Å²) in [5, 5.41) is 13.0. The Hall–Kier alpha value is -3.26.